The lowest BCUT2D eigenvalue weighted by atomic mass is 10.1. The monoisotopic (exact) mass is 784 g/mol. The smallest absolute Gasteiger partial charge is 0.265 e. The van der Waals surface area contributed by atoms with Crippen LogP contribution in [0.3, 0.4) is 0 Å². The van der Waals surface area contributed by atoms with E-state index in [1.54, 1.807) is 13.8 Å². The van der Waals surface area contributed by atoms with E-state index >= 15 is 0 Å². The molecule has 0 aliphatic heterocycles. The third-order valence-corrected chi connectivity index (χ3v) is 8.06. The van der Waals surface area contributed by atoms with Crippen molar-refractivity contribution in [3.63, 3.8) is 0 Å². The minimum absolute atomic E-state index is 0.0419. The molecule has 17 heteroatoms. The van der Waals surface area contributed by atoms with Gasteiger partial charge in [0.2, 0.25) is 0 Å². The molecule has 0 radical (unpaired) electrons. The molecule has 6 aromatic rings. The number of halogens is 9. The second-order valence-corrected chi connectivity index (χ2v) is 11.8. The molecule has 0 fully saturated rings. The zero-order chi connectivity index (χ0) is 35.7. The number of nitrogens with zero attached hydrogens (tertiary/aromatic N) is 6. The molecule has 254 valence electrons. The van der Waals surface area contributed by atoms with Crippen LogP contribution in [0.2, 0.25) is 10.0 Å². The fourth-order valence-corrected chi connectivity index (χ4v) is 5.79. The van der Waals surface area contributed by atoms with Crippen LogP contribution in [0, 0.1) is 34.9 Å². The normalized spacial score (nSPS) is 11.1. The van der Waals surface area contributed by atoms with Gasteiger partial charge in [0.25, 0.3) is 11.1 Å². The van der Waals surface area contributed by atoms with Gasteiger partial charge in [-0.25, -0.2) is 35.7 Å². The van der Waals surface area contributed by atoms with Gasteiger partial charge in [0.1, 0.15) is 34.9 Å². The number of rotatable bonds is 6. The largest absolute Gasteiger partial charge is 0.306 e. The average Bonchev–Trinajstić information content (AvgIpc) is 3.66. The third kappa shape index (κ3) is 7.09. The lowest BCUT2D eigenvalue weighted by molar-refractivity contribution is 0.543. The Morgan fingerprint density at radius 3 is 1.49 bits per heavy atom. The van der Waals surface area contributed by atoms with E-state index in [9.17, 15) is 35.9 Å². The van der Waals surface area contributed by atoms with Crippen molar-refractivity contribution in [3.8, 4) is 33.9 Å². The van der Waals surface area contributed by atoms with Crippen LogP contribution < -0.4 is 11.1 Å². The van der Waals surface area contributed by atoms with Gasteiger partial charge in [0.15, 0.2) is 0 Å². The van der Waals surface area contributed by atoms with E-state index in [4.69, 9.17) is 23.2 Å². The molecule has 0 atom stereocenters. The molecule has 4 aromatic heterocycles. The molecule has 0 aliphatic carbocycles. The molecule has 0 aliphatic rings. The summed E-state index contributed by atoms with van der Waals surface area (Å²) < 4.78 is 89.0. The summed E-state index contributed by atoms with van der Waals surface area (Å²) in [4.78, 5) is 24.5. The molecule has 0 unspecified atom stereocenters. The van der Waals surface area contributed by atoms with Gasteiger partial charge in [-0.05, 0) is 41.9 Å². The zero-order valence-electron chi connectivity index (χ0n) is 25.2. The van der Waals surface area contributed by atoms with Gasteiger partial charge in [0.05, 0.1) is 60.8 Å². The Balaban J connectivity index is 0.000000191. The van der Waals surface area contributed by atoms with Crippen LogP contribution in [0.4, 0.5) is 26.3 Å². The minimum Gasteiger partial charge on any atom is -0.306 e. The van der Waals surface area contributed by atoms with Crippen LogP contribution in [0.15, 0.2) is 81.3 Å². The SMILES string of the molecule is CCn1c(-c2c(F)cc(F)cc2F)c(-n2cc(Cl)cn2)cc(Br)c1=O.CCn1c(-c2c(F)cc(F)cc2F)c(-n2cc(Cl)cn2)ccc1=O. The van der Waals surface area contributed by atoms with Crippen molar-refractivity contribution in [3.05, 3.63) is 137 Å². The molecule has 2 aromatic carbocycles. The summed E-state index contributed by atoms with van der Waals surface area (Å²) in [6.45, 7) is 3.60. The lowest BCUT2D eigenvalue weighted by Gasteiger charge is -2.18. The van der Waals surface area contributed by atoms with Gasteiger partial charge < -0.3 is 9.13 Å². The maximum atomic E-state index is 14.4. The number of benzene rings is 2. The maximum absolute atomic E-state index is 14.4. The van der Waals surface area contributed by atoms with Gasteiger partial charge in [-0.3, -0.25) is 9.59 Å². The predicted molar refractivity (Wildman–Crippen MR) is 175 cm³/mol. The highest BCUT2D eigenvalue weighted by Crippen LogP contribution is 2.34. The van der Waals surface area contributed by atoms with Gasteiger partial charge in [-0.1, -0.05) is 23.2 Å². The average molecular weight is 786 g/mol. The molecule has 8 nitrogen and oxygen atoms in total. The van der Waals surface area contributed by atoms with Crippen LogP contribution >= 0.6 is 39.1 Å². The van der Waals surface area contributed by atoms with Crippen LogP contribution in [0.1, 0.15) is 13.8 Å². The van der Waals surface area contributed by atoms with E-state index in [-0.39, 0.29) is 40.3 Å². The topological polar surface area (TPSA) is 79.6 Å². The first-order valence-corrected chi connectivity index (χ1v) is 15.7. The van der Waals surface area contributed by atoms with Crippen molar-refractivity contribution in [2.75, 3.05) is 0 Å². The van der Waals surface area contributed by atoms with Crippen molar-refractivity contribution in [2.24, 2.45) is 0 Å². The van der Waals surface area contributed by atoms with Crippen LogP contribution in [0.5, 0.6) is 0 Å². The fourth-order valence-electron chi connectivity index (χ4n) is 5.09. The summed E-state index contributed by atoms with van der Waals surface area (Å²) in [5, 5.41) is 8.65. The maximum Gasteiger partial charge on any atom is 0.265 e. The second kappa shape index (κ2) is 14.5. The number of hydrogen-bond donors (Lipinski definition) is 0. The molecular weight excluding hydrogens is 765 g/mol. The highest BCUT2D eigenvalue weighted by molar-refractivity contribution is 9.10. The van der Waals surface area contributed by atoms with E-state index in [2.05, 4.69) is 26.1 Å². The molecule has 0 spiro atoms. The number of hydrogen-bond acceptors (Lipinski definition) is 4. The van der Waals surface area contributed by atoms with Crippen LogP contribution in [-0.4, -0.2) is 28.7 Å². The molecular formula is C32H21BrCl2F6N6O2. The zero-order valence-corrected chi connectivity index (χ0v) is 28.3. The molecule has 0 N–H and O–H groups in total. The van der Waals surface area contributed by atoms with Gasteiger partial charge in [-0.2, -0.15) is 10.2 Å². The van der Waals surface area contributed by atoms with Crippen molar-refractivity contribution in [1.29, 1.82) is 0 Å². The Morgan fingerprint density at radius 2 is 1.08 bits per heavy atom. The van der Waals surface area contributed by atoms with E-state index in [1.807, 2.05) is 0 Å². The summed E-state index contributed by atoms with van der Waals surface area (Å²) in [6, 6.07) is 6.28. The minimum atomic E-state index is -1.12. The van der Waals surface area contributed by atoms with Gasteiger partial charge in [0, 0.05) is 55.8 Å². The highest BCUT2D eigenvalue weighted by atomic mass is 79.9. The lowest BCUT2D eigenvalue weighted by Crippen LogP contribution is -2.24. The second-order valence-electron chi connectivity index (χ2n) is 10.1. The first-order chi connectivity index (χ1) is 23.2. The van der Waals surface area contributed by atoms with Crippen molar-refractivity contribution >= 4 is 39.1 Å². The first-order valence-electron chi connectivity index (χ1n) is 14.1. The molecule has 0 bridgehead atoms. The summed E-state index contributed by atoms with van der Waals surface area (Å²) in [6.07, 6.45) is 5.56. The first kappa shape index (κ1) is 35.7. The standard InChI is InChI=1S/C16H10BrClF3N3O.C16H11ClF3N3O/c1-2-23-15(14-11(20)3-9(19)4-12(14)21)13(5-10(17)16(23)25)24-7-8(18)6-22-24;1-2-22-14(24)4-3-13(23-8-9(17)7-21-23)16(22)15-11(19)5-10(18)6-12(15)20/h3-7H,2H2,1H3;3-8H,2H2,1H3. The predicted octanol–water partition coefficient (Wildman–Crippen LogP) is 8.35. The molecule has 6 rings (SSSR count). The summed E-state index contributed by atoms with van der Waals surface area (Å²) in [5.41, 5.74) is -1.60. The molecule has 0 saturated carbocycles. The van der Waals surface area contributed by atoms with Crippen LogP contribution in [-0.2, 0) is 13.1 Å². The Bertz CT molecular complexity index is 2290. The Kier molecular flexibility index (Phi) is 10.6. The Labute approximate surface area is 291 Å². The molecule has 4 heterocycles. The van der Waals surface area contributed by atoms with E-state index in [1.165, 1.54) is 61.5 Å². The summed E-state index contributed by atoms with van der Waals surface area (Å²) in [5.74, 6) is -6.56. The Hall–Kier alpha value is -4.60. The third-order valence-electron chi connectivity index (χ3n) is 7.10. The fraction of sp³-hybridized carbons (Fsp3) is 0.125. The number of aromatic nitrogens is 6. The van der Waals surface area contributed by atoms with E-state index < -0.39 is 57.1 Å². The highest BCUT2D eigenvalue weighted by Gasteiger charge is 2.24. The van der Waals surface area contributed by atoms with Gasteiger partial charge in [-0.15, -0.1) is 0 Å². The molecule has 0 saturated heterocycles. The molecule has 0 amide bonds. The number of pyridine rings is 2. The summed E-state index contributed by atoms with van der Waals surface area (Å²) >= 11 is 14.9. The molecule has 49 heavy (non-hydrogen) atoms. The van der Waals surface area contributed by atoms with Gasteiger partial charge >= 0.3 is 0 Å². The summed E-state index contributed by atoms with van der Waals surface area (Å²) in [7, 11) is 0. The Morgan fingerprint density at radius 1 is 0.653 bits per heavy atom. The van der Waals surface area contributed by atoms with E-state index in [0.29, 0.717) is 34.3 Å². The van der Waals surface area contributed by atoms with E-state index in [0.717, 1.165) is 0 Å². The van der Waals surface area contributed by atoms with Crippen molar-refractivity contribution in [1.82, 2.24) is 28.7 Å². The van der Waals surface area contributed by atoms with Crippen molar-refractivity contribution < 1.29 is 26.3 Å². The quantitative estimate of drug-likeness (QED) is 0.159. The van der Waals surface area contributed by atoms with Crippen molar-refractivity contribution in [2.45, 2.75) is 26.9 Å². The van der Waals surface area contributed by atoms with Crippen LogP contribution in [0.25, 0.3) is 33.9 Å².